The van der Waals surface area contributed by atoms with E-state index >= 15 is 0 Å². The summed E-state index contributed by atoms with van der Waals surface area (Å²) in [6, 6.07) is 13.0. The molecule has 0 unspecified atom stereocenters. The van der Waals surface area contributed by atoms with Crippen LogP contribution in [0, 0.1) is 102 Å². The van der Waals surface area contributed by atoms with Crippen LogP contribution in [0.15, 0.2) is 66.7 Å². The monoisotopic (exact) mass is 1980 g/mol. The lowest BCUT2D eigenvalue weighted by atomic mass is 9.90. The average molecular weight is 1980 g/mol. The minimum absolute atomic E-state index is 0. The first-order chi connectivity index (χ1) is 66.7. The second-order valence-corrected chi connectivity index (χ2v) is 42.9. The summed E-state index contributed by atoms with van der Waals surface area (Å²) in [5, 5.41) is 49.4. The summed E-state index contributed by atoms with van der Waals surface area (Å²) in [5.41, 5.74) is 2.03. The number of rotatable bonds is 29. The van der Waals surface area contributed by atoms with Gasteiger partial charge in [-0.15, -0.1) is 12.4 Å². The molecule has 10 N–H and O–H groups in total. The van der Waals surface area contributed by atoms with E-state index in [-0.39, 0.29) is 185 Å². The molecule has 5 aromatic rings. The second kappa shape index (κ2) is 48.7. The summed E-state index contributed by atoms with van der Waals surface area (Å²) in [6.45, 7) is 13.9. The third kappa shape index (κ3) is 27.1. The van der Waals surface area contributed by atoms with E-state index in [0.29, 0.717) is 87.2 Å². The molecule has 17 rings (SSSR count). The predicted molar refractivity (Wildman–Crippen MR) is 517 cm³/mol. The van der Waals surface area contributed by atoms with E-state index in [9.17, 15) is 101 Å². The van der Waals surface area contributed by atoms with Crippen LogP contribution in [0.2, 0.25) is 0 Å². The minimum atomic E-state index is -1.08. The number of aromatic carboxylic acids is 1. The molecule has 3 saturated heterocycles. The van der Waals surface area contributed by atoms with Gasteiger partial charge in [0.05, 0.1) is 41.8 Å². The fourth-order valence-electron chi connectivity index (χ4n) is 24.2. The zero-order chi connectivity index (χ0) is 101. The number of carbonyl (C=O) groups excluding carboxylic acids is 15. The Kier molecular flexibility index (Phi) is 37.7. The topological polar surface area (TPSA) is 471 Å². The highest BCUT2D eigenvalue weighted by molar-refractivity contribution is 6.03. The number of hydrogen-bond acceptors (Lipinski definition) is 22. The quantitative estimate of drug-likeness (QED) is 0.0212. The van der Waals surface area contributed by atoms with Crippen LogP contribution in [0.3, 0.4) is 0 Å². The van der Waals surface area contributed by atoms with E-state index in [1.807, 2.05) is 37.3 Å². The molecular weight excluding hydrogens is 1840 g/mol. The van der Waals surface area contributed by atoms with Crippen molar-refractivity contribution < 1.29 is 120 Å². The molecule has 2 aromatic heterocycles. The Morgan fingerprint density at radius 1 is 0.418 bits per heavy atom. The molecule has 0 bridgehead atoms. The average Bonchev–Trinajstić information content (AvgIpc) is 1.60. The summed E-state index contributed by atoms with van der Waals surface area (Å²) >= 11 is 0. The fraction of sp³-hybridized carbons (Fsp3) is 0.642. The summed E-state index contributed by atoms with van der Waals surface area (Å²) in [7, 11) is 0. The third-order valence-electron chi connectivity index (χ3n) is 31.2. The van der Waals surface area contributed by atoms with Crippen LogP contribution in [0.1, 0.15) is 272 Å². The number of aliphatic hydroxyl groups is 3. The summed E-state index contributed by atoms with van der Waals surface area (Å²) in [4.78, 5) is 212. The first-order valence-electron chi connectivity index (χ1n) is 50.7. The second-order valence-electron chi connectivity index (χ2n) is 42.9. The Labute approximate surface area is 827 Å². The summed E-state index contributed by atoms with van der Waals surface area (Å²) < 4.78 is 44.4. The number of likely N-dealkylation sites (tertiary alicyclic amines) is 3. The Hall–Kier alpha value is -10.6. The predicted octanol–water partition coefficient (Wildman–Crippen LogP) is 12.9. The van der Waals surface area contributed by atoms with Crippen molar-refractivity contribution in [2.24, 2.45) is 76.9 Å². The van der Waals surface area contributed by atoms with Gasteiger partial charge in [0.2, 0.25) is 23.6 Å². The van der Waals surface area contributed by atoms with Gasteiger partial charge in [0.1, 0.15) is 102 Å². The number of carboxylic acid groups (broad SMARTS) is 1. The molecule has 141 heavy (non-hydrogen) atoms. The molecule has 32 nitrogen and oxygen atoms in total. The van der Waals surface area contributed by atoms with E-state index in [2.05, 4.69) is 31.2 Å². The number of H-pyrrole nitrogens is 2. The molecule has 35 heteroatoms. The number of fused-ring (bicyclic) bond motifs is 6. The van der Waals surface area contributed by atoms with Gasteiger partial charge in [-0.3, -0.25) is 72.1 Å². The Balaban J connectivity index is 0.000000162. The van der Waals surface area contributed by atoms with Crippen molar-refractivity contribution in [2.45, 2.75) is 308 Å². The van der Waals surface area contributed by atoms with Crippen molar-refractivity contribution in [3.63, 3.8) is 0 Å². The van der Waals surface area contributed by atoms with E-state index in [0.717, 1.165) is 132 Å². The van der Waals surface area contributed by atoms with E-state index in [1.54, 1.807) is 76.5 Å². The molecule has 770 valence electrons. The number of aromatic nitrogens is 2. The van der Waals surface area contributed by atoms with Crippen LogP contribution in [0.25, 0.3) is 21.8 Å². The number of carboxylic acids is 1. The molecular formula is C106H142ClF2N9O23. The van der Waals surface area contributed by atoms with Crippen LogP contribution >= 0.6 is 12.4 Å². The first-order valence-corrected chi connectivity index (χ1v) is 50.7. The molecule has 7 amide bonds. The van der Waals surface area contributed by atoms with Gasteiger partial charge in [-0.1, -0.05) is 74.6 Å². The van der Waals surface area contributed by atoms with E-state index < -0.39 is 126 Å². The fourth-order valence-corrected chi connectivity index (χ4v) is 24.2. The molecule has 12 fully saturated rings. The van der Waals surface area contributed by atoms with Crippen molar-refractivity contribution >= 4 is 128 Å². The molecule has 5 heterocycles. The lowest BCUT2D eigenvalue weighted by molar-refractivity contribution is -0.134. The maximum Gasteiger partial charge on any atom is 0.410 e. The van der Waals surface area contributed by atoms with Gasteiger partial charge in [-0.05, 0) is 279 Å². The largest absolute Gasteiger partial charge is 0.477 e. The van der Waals surface area contributed by atoms with Gasteiger partial charge < -0.3 is 70.8 Å². The van der Waals surface area contributed by atoms with Gasteiger partial charge in [-0.2, -0.15) is 0 Å². The number of aryl methyl sites for hydroxylation is 2. The Morgan fingerprint density at radius 3 is 1.13 bits per heavy atom. The van der Waals surface area contributed by atoms with Gasteiger partial charge in [0.25, 0.3) is 5.91 Å². The molecule has 20 atom stereocenters. The lowest BCUT2D eigenvalue weighted by Crippen LogP contribution is -2.54. The SMILES string of the molecule is CC(C)(C)OC(=O)N1C[C@@H]2CCC[C@@H]2[C@H]1C(=O)N[C@@H](C[C@@H]1CCCC1=O)C(=O)CO.CC(C)(C)OC(=O)N1C[C@@H]2CCC[C@@H]2[C@H]1C(=O)N[C@@H](C[C@@H]1CCCC1=O)C(=O)COCc1ccccc1.Cc1ccc(F)c2[nH]c(C(=O)N3C[C@@H]4CCC[C@@H]4[C@H]3C(=O)N[C@@H](C[C@@H]3CCCC3=O)C(=O)CO)cc12.Cc1ccc(F)c2[nH]c(C(=O)O)cc12.Cl.O=C1CCC[C@H]1C[C@H](NC(=O)[C@H]1CC[C@@H]2CCC[C@@H]21)C(=O)CO. The number of carbonyl (C=O) groups is 16. The highest BCUT2D eigenvalue weighted by Gasteiger charge is 2.55. The normalized spacial score (nSPS) is 26.6. The number of aromatic amines is 2. The van der Waals surface area contributed by atoms with Crippen molar-refractivity contribution in [2.75, 3.05) is 46.1 Å². The highest BCUT2D eigenvalue weighted by atomic mass is 35.5. The molecule has 0 spiro atoms. The van der Waals surface area contributed by atoms with Gasteiger partial charge in [0, 0.05) is 85.7 Å². The minimum Gasteiger partial charge on any atom is -0.477 e. The van der Waals surface area contributed by atoms with Crippen molar-refractivity contribution in [3.05, 3.63) is 106 Å². The number of nitrogens with zero attached hydrogens (tertiary/aromatic N) is 3. The zero-order valence-electron chi connectivity index (χ0n) is 82.3. The number of benzene rings is 3. The number of aliphatic hydroxyl groups excluding tert-OH is 3. The van der Waals surface area contributed by atoms with Gasteiger partial charge in [-0.25, -0.2) is 23.2 Å². The van der Waals surface area contributed by atoms with Crippen LogP contribution < -0.4 is 21.3 Å². The number of ketones is 8. The number of nitrogens with one attached hydrogen (secondary N) is 6. The summed E-state index contributed by atoms with van der Waals surface area (Å²) in [5.74, 6) is -3.81. The first kappa shape index (κ1) is 109. The number of amides is 7. The Bertz CT molecular complexity index is 5320. The lowest BCUT2D eigenvalue weighted by Gasteiger charge is -2.31. The molecule has 3 aromatic carbocycles. The maximum absolute atomic E-state index is 14.4. The van der Waals surface area contributed by atoms with Crippen molar-refractivity contribution in [1.29, 1.82) is 0 Å². The number of halogens is 3. The Morgan fingerprint density at radius 2 is 0.766 bits per heavy atom. The number of hydrogen-bond donors (Lipinski definition) is 10. The molecule has 12 aliphatic rings. The van der Waals surface area contributed by atoms with Crippen molar-refractivity contribution in [3.8, 4) is 0 Å². The van der Waals surface area contributed by atoms with Crippen LogP contribution in [0.5, 0.6) is 0 Å². The van der Waals surface area contributed by atoms with Crippen LogP contribution in [-0.4, -0.2) is 239 Å². The third-order valence-corrected chi connectivity index (χ3v) is 31.2. The maximum atomic E-state index is 14.4. The molecule has 9 aliphatic carbocycles. The summed E-state index contributed by atoms with van der Waals surface area (Å²) in [6.07, 6.45) is 22.0. The van der Waals surface area contributed by atoms with Crippen LogP contribution in [0.4, 0.5) is 18.4 Å². The molecule has 0 radical (unpaired) electrons. The van der Waals surface area contributed by atoms with Crippen LogP contribution in [-0.2, 0) is 78.4 Å². The van der Waals surface area contributed by atoms with Crippen molar-refractivity contribution in [1.82, 2.24) is 45.9 Å². The number of ether oxygens (including phenoxy) is 3. The highest BCUT2D eigenvalue weighted by Crippen LogP contribution is 2.50. The molecule has 3 aliphatic heterocycles. The standard InChI is InChI=1S/C29H40N2O6.C27H32FN3O5.C22H34N2O6.C18H27NO4.C10H8FNO2.ClH/c1-29(2,3)37-28(35)31-16-21-12-7-13-22(21)26(31)27(34)30-23(15-20-11-8-14-24(20)32)25(33)18-36-17-19-9-5-4-6-10-19;1-14-8-9-19(28)24-18(14)11-21(29-24)27(36)31-12-16-5-2-6-17(16)25(31)26(35)30-20(23(34)13-32)10-15-4-3-7-22(15)33;1-22(2,3)30-21(29)24-11-14-7-4-8-15(14)19(24)20(28)23-16(18(27)12-25)10-13-6-5-9-17(13)26;20-10-17(22)15(9-12-4-2-6-16(12)21)19-18(23)14-8-7-11-3-1-5-13(11)14;1-5-2-3-7(11)9-6(5)4-8(12-9)10(13)14;/h4-6,9-10,20-23,26H,7-8,11-18H2,1-3H3,(H,30,34);8-9,11,15-17,20,25,29,32H,2-7,10,12-13H2,1H3,(H,30,35);13-16,19,25H,4-12H2,1-3H3,(H,23,28);11-15,20H,1-10H2,(H,19,23);2-4,12H,1H3,(H,13,14);1H/t20-,21-,22-,23-,26-;15-,16-,17-,20-,25-;13-,14-,15-,16-,19-;11-,12-,13-,14-,15-;;/m0000../s1. The van der Waals surface area contributed by atoms with Gasteiger partial charge >= 0.3 is 18.2 Å². The molecule has 9 saturated carbocycles. The van der Waals surface area contributed by atoms with E-state index in [1.165, 1.54) is 35.9 Å². The smallest absolute Gasteiger partial charge is 0.410 e. The van der Waals surface area contributed by atoms with Gasteiger partial charge in [0.15, 0.2) is 23.1 Å². The zero-order valence-corrected chi connectivity index (χ0v) is 83.1. The van der Waals surface area contributed by atoms with E-state index in [4.69, 9.17) is 19.3 Å². The number of Topliss-reactive ketones (excluding diaryl/α,β-unsaturated/α-hetero) is 8.